The summed E-state index contributed by atoms with van der Waals surface area (Å²) in [5.74, 6) is -0.492. The lowest BCUT2D eigenvalue weighted by atomic mass is 10.0. The Morgan fingerprint density at radius 1 is 0.475 bits per heavy atom. The smallest absolute Gasteiger partial charge is 0.306 e. The van der Waals surface area contributed by atoms with Crippen LogP contribution in [0.3, 0.4) is 0 Å². The van der Waals surface area contributed by atoms with E-state index in [9.17, 15) is 19.8 Å². The molecule has 0 aliphatic rings. The van der Waals surface area contributed by atoms with Crippen molar-refractivity contribution >= 4 is 11.9 Å². The summed E-state index contributed by atoms with van der Waals surface area (Å²) in [5, 5.41) is 23.8. The van der Waals surface area contributed by atoms with Crippen LogP contribution in [0.25, 0.3) is 0 Å². The number of hydrogen-bond donors (Lipinski definition) is 3. The van der Waals surface area contributed by atoms with E-state index < -0.39 is 18.2 Å². The molecule has 3 N–H and O–H groups in total. The largest absolute Gasteiger partial charge is 0.462 e. The molecule has 356 valence electrons. The summed E-state index contributed by atoms with van der Waals surface area (Å²) in [5.41, 5.74) is 0. The minimum absolute atomic E-state index is 0.0702. The second-order valence-corrected chi connectivity index (χ2v) is 18.0. The third-order valence-corrected chi connectivity index (χ3v) is 12.0. The number of aliphatic hydroxyl groups excluding tert-OH is 2. The highest BCUT2D eigenvalue weighted by Gasteiger charge is 2.24. The van der Waals surface area contributed by atoms with E-state index in [-0.39, 0.29) is 24.9 Å². The number of nitrogens with one attached hydrogen (secondary N) is 1. The van der Waals surface area contributed by atoms with Crippen LogP contribution in [0, 0.1) is 0 Å². The Morgan fingerprint density at radius 2 is 0.836 bits per heavy atom. The maximum atomic E-state index is 13.2. The van der Waals surface area contributed by atoms with Crippen molar-refractivity contribution in [1.82, 2.24) is 5.32 Å². The van der Waals surface area contributed by atoms with Gasteiger partial charge in [0.15, 0.2) is 0 Å². The molecule has 0 aromatic heterocycles. The number of allylic oxidation sites excluding steroid dienone is 8. The van der Waals surface area contributed by atoms with Crippen LogP contribution in [-0.2, 0) is 14.3 Å². The van der Waals surface area contributed by atoms with Gasteiger partial charge in [-0.15, -0.1) is 0 Å². The fourth-order valence-corrected chi connectivity index (χ4v) is 7.97. The number of unbranched alkanes of at least 4 members (excludes halogenated alkanes) is 30. The first-order valence-electron chi connectivity index (χ1n) is 26.4. The van der Waals surface area contributed by atoms with Gasteiger partial charge >= 0.3 is 5.97 Å². The average molecular weight is 856 g/mol. The van der Waals surface area contributed by atoms with Gasteiger partial charge in [-0.2, -0.15) is 0 Å². The quantitative estimate of drug-likeness (QED) is 0.0322. The molecular weight excluding hydrogens is 755 g/mol. The van der Waals surface area contributed by atoms with Crippen LogP contribution in [0.2, 0.25) is 0 Å². The predicted octanol–water partition coefficient (Wildman–Crippen LogP) is 15.8. The SMILES string of the molecule is CCCCC/C=C/C=C/C=C/C=C/CCCCCCCC(=O)OC(CCCCCCCCCCCCCC)CC(=O)NC(CO)C(O)CCCCCCCCCCCCCC. The maximum absolute atomic E-state index is 13.2. The van der Waals surface area contributed by atoms with Crippen LogP contribution in [-0.4, -0.2) is 46.9 Å². The lowest BCUT2D eigenvalue weighted by Gasteiger charge is -2.24. The molecule has 0 aromatic carbocycles. The van der Waals surface area contributed by atoms with Gasteiger partial charge in [0.2, 0.25) is 5.91 Å². The van der Waals surface area contributed by atoms with Crippen molar-refractivity contribution in [3.8, 4) is 0 Å². The van der Waals surface area contributed by atoms with E-state index in [4.69, 9.17) is 4.74 Å². The Bertz CT molecular complexity index is 1050. The van der Waals surface area contributed by atoms with Gasteiger partial charge in [-0.3, -0.25) is 9.59 Å². The number of aliphatic hydroxyl groups is 2. The molecule has 0 saturated carbocycles. The molecule has 61 heavy (non-hydrogen) atoms. The number of carbonyl (C=O) groups is 2. The van der Waals surface area contributed by atoms with Crippen molar-refractivity contribution in [2.24, 2.45) is 0 Å². The zero-order valence-corrected chi connectivity index (χ0v) is 40.5. The molecule has 0 aromatic rings. The van der Waals surface area contributed by atoms with E-state index in [1.165, 1.54) is 141 Å². The number of esters is 1. The molecule has 1 amide bonds. The number of hydrogen-bond acceptors (Lipinski definition) is 5. The van der Waals surface area contributed by atoms with Crippen molar-refractivity contribution in [2.75, 3.05) is 6.61 Å². The first-order valence-corrected chi connectivity index (χ1v) is 26.4. The summed E-state index contributed by atoms with van der Waals surface area (Å²) >= 11 is 0. The molecule has 6 heteroatoms. The molecular formula is C55H101NO5. The third-order valence-electron chi connectivity index (χ3n) is 12.0. The summed E-state index contributed by atoms with van der Waals surface area (Å²) in [4.78, 5) is 26.1. The molecule has 0 radical (unpaired) electrons. The third kappa shape index (κ3) is 44.2. The normalized spacial score (nSPS) is 13.6. The van der Waals surface area contributed by atoms with E-state index in [1.54, 1.807) is 0 Å². The van der Waals surface area contributed by atoms with Crippen LogP contribution in [0.1, 0.15) is 265 Å². The molecule has 0 fully saturated rings. The number of rotatable bonds is 47. The van der Waals surface area contributed by atoms with E-state index in [0.717, 1.165) is 77.0 Å². The minimum Gasteiger partial charge on any atom is -0.462 e. The summed E-state index contributed by atoms with van der Waals surface area (Å²) in [6.45, 7) is 6.45. The fraction of sp³-hybridized carbons (Fsp3) is 0.818. The Balaban J connectivity index is 4.58. The molecule has 0 heterocycles. The lowest BCUT2D eigenvalue weighted by molar-refractivity contribution is -0.151. The van der Waals surface area contributed by atoms with Crippen molar-refractivity contribution in [1.29, 1.82) is 0 Å². The molecule has 6 nitrogen and oxygen atoms in total. The van der Waals surface area contributed by atoms with Gasteiger partial charge < -0.3 is 20.3 Å². The van der Waals surface area contributed by atoms with Crippen LogP contribution < -0.4 is 5.32 Å². The van der Waals surface area contributed by atoms with E-state index in [1.807, 2.05) is 0 Å². The molecule has 0 saturated heterocycles. The highest BCUT2D eigenvalue weighted by molar-refractivity contribution is 5.77. The molecule has 0 bridgehead atoms. The average Bonchev–Trinajstić information content (AvgIpc) is 3.25. The highest BCUT2D eigenvalue weighted by Crippen LogP contribution is 2.18. The summed E-state index contributed by atoms with van der Waals surface area (Å²) in [7, 11) is 0. The molecule has 0 aliphatic carbocycles. The Kier molecular flexibility index (Phi) is 47.1. The monoisotopic (exact) mass is 856 g/mol. The van der Waals surface area contributed by atoms with Crippen molar-refractivity contribution < 1.29 is 24.5 Å². The second-order valence-electron chi connectivity index (χ2n) is 18.0. The van der Waals surface area contributed by atoms with Crippen molar-refractivity contribution in [2.45, 2.75) is 283 Å². The predicted molar refractivity (Wildman–Crippen MR) is 264 cm³/mol. The van der Waals surface area contributed by atoms with Gasteiger partial charge in [-0.1, -0.05) is 249 Å². The molecule has 0 rings (SSSR count). The van der Waals surface area contributed by atoms with Gasteiger partial charge in [0.25, 0.3) is 0 Å². The summed E-state index contributed by atoms with van der Waals surface area (Å²) in [6, 6.07) is -0.704. The number of carbonyl (C=O) groups excluding carboxylic acids is 2. The van der Waals surface area contributed by atoms with Gasteiger partial charge in [0, 0.05) is 6.42 Å². The first kappa shape index (κ1) is 58.8. The summed E-state index contributed by atoms with van der Waals surface area (Å²) < 4.78 is 5.93. The molecule has 0 aliphatic heterocycles. The summed E-state index contributed by atoms with van der Waals surface area (Å²) in [6.07, 6.45) is 58.7. The van der Waals surface area contributed by atoms with Crippen LogP contribution in [0.5, 0.6) is 0 Å². The van der Waals surface area contributed by atoms with Gasteiger partial charge in [0.1, 0.15) is 6.10 Å². The van der Waals surface area contributed by atoms with E-state index in [0.29, 0.717) is 19.3 Å². The zero-order chi connectivity index (χ0) is 44.5. The second kappa shape index (κ2) is 48.8. The standard InChI is InChI=1S/C55H101NO5/c1-4-7-10-13-16-19-22-25-26-27-28-29-30-33-36-39-42-45-48-55(60)61-51(46-43-40-37-34-31-23-20-17-14-11-8-5-2)49-54(59)56-52(50-57)53(58)47-44-41-38-35-32-24-21-18-15-12-9-6-3/h16,19,22,25-29,51-53,57-58H,4-15,17-18,20-21,23-24,30-50H2,1-3H3,(H,56,59)/b19-16+,25-22+,27-26+,29-28+. The van der Waals surface area contributed by atoms with Crippen LogP contribution in [0.15, 0.2) is 48.6 Å². The molecule has 3 unspecified atom stereocenters. The van der Waals surface area contributed by atoms with Crippen LogP contribution >= 0.6 is 0 Å². The first-order chi connectivity index (χ1) is 30.0. The van der Waals surface area contributed by atoms with Gasteiger partial charge in [-0.25, -0.2) is 0 Å². The molecule has 0 spiro atoms. The number of ether oxygens (including phenoxy) is 1. The van der Waals surface area contributed by atoms with Crippen molar-refractivity contribution in [3.05, 3.63) is 48.6 Å². The Labute approximate surface area is 378 Å². The van der Waals surface area contributed by atoms with E-state index in [2.05, 4.69) is 74.7 Å². The maximum Gasteiger partial charge on any atom is 0.306 e. The Morgan fingerprint density at radius 3 is 1.30 bits per heavy atom. The zero-order valence-electron chi connectivity index (χ0n) is 40.5. The fourth-order valence-electron chi connectivity index (χ4n) is 7.97. The molecule has 3 atom stereocenters. The van der Waals surface area contributed by atoms with Gasteiger partial charge in [0.05, 0.1) is 25.2 Å². The van der Waals surface area contributed by atoms with E-state index >= 15 is 0 Å². The van der Waals surface area contributed by atoms with Gasteiger partial charge in [-0.05, 0) is 51.4 Å². The van der Waals surface area contributed by atoms with Crippen LogP contribution in [0.4, 0.5) is 0 Å². The highest BCUT2D eigenvalue weighted by atomic mass is 16.5. The Hall–Kier alpha value is -2.18. The minimum atomic E-state index is -0.790. The van der Waals surface area contributed by atoms with Crippen molar-refractivity contribution in [3.63, 3.8) is 0 Å². The lowest BCUT2D eigenvalue weighted by Crippen LogP contribution is -2.46. The number of amides is 1. The topological polar surface area (TPSA) is 95.9 Å².